The molecule has 1 aromatic carbocycles. The van der Waals surface area contributed by atoms with E-state index in [9.17, 15) is 9.59 Å². The standard InChI is InChI=1S/C13H13NO3/c1-3-14-7-9(13(16)17)12(15)11-8(2)5-4-6-10(11)14/h4-7H,3H2,1-2H3,(H,16,17). The molecule has 1 heterocycles. The van der Waals surface area contributed by atoms with Crippen molar-refractivity contribution < 1.29 is 9.90 Å². The predicted octanol–water partition coefficient (Wildman–Crippen LogP) is 2.03. The number of pyridine rings is 1. The van der Waals surface area contributed by atoms with E-state index in [1.165, 1.54) is 6.20 Å². The second kappa shape index (κ2) is 4.05. The molecular weight excluding hydrogens is 218 g/mol. The van der Waals surface area contributed by atoms with Gasteiger partial charge in [-0.2, -0.15) is 0 Å². The molecule has 0 radical (unpaired) electrons. The number of aromatic nitrogens is 1. The molecular formula is C13H13NO3. The van der Waals surface area contributed by atoms with Gasteiger partial charge in [0.25, 0.3) is 0 Å². The molecule has 88 valence electrons. The van der Waals surface area contributed by atoms with Crippen molar-refractivity contribution in [3.63, 3.8) is 0 Å². The summed E-state index contributed by atoms with van der Waals surface area (Å²) in [6.45, 7) is 4.35. The molecule has 0 amide bonds. The van der Waals surface area contributed by atoms with Gasteiger partial charge in [0.2, 0.25) is 5.43 Å². The van der Waals surface area contributed by atoms with Gasteiger partial charge in [0.1, 0.15) is 5.56 Å². The first-order valence-electron chi connectivity index (χ1n) is 5.42. The number of rotatable bonds is 2. The molecule has 1 aromatic heterocycles. The van der Waals surface area contributed by atoms with E-state index >= 15 is 0 Å². The Labute approximate surface area is 98.1 Å². The van der Waals surface area contributed by atoms with E-state index in [4.69, 9.17) is 5.11 Å². The quantitative estimate of drug-likeness (QED) is 0.860. The summed E-state index contributed by atoms with van der Waals surface area (Å²) < 4.78 is 1.78. The third kappa shape index (κ3) is 1.71. The highest BCUT2D eigenvalue weighted by atomic mass is 16.4. The molecule has 0 saturated heterocycles. The van der Waals surface area contributed by atoms with Crippen LogP contribution in [0.3, 0.4) is 0 Å². The average molecular weight is 231 g/mol. The van der Waals surface area contributed by atoms with Gasteiger partial charge in [0.15, 0.2) is 0 Å². The Morgan fingerprint density at radius 1 is 1.41 bits per heavy atom. The zero-order chi connectivity index (χ0) is 12.6. The Bertz CT molecular complexity index is 655. The number of aromatic carboxylic acids is 1. The van der Waals surface area contributed by atoms with Crippen molar-refractivity contribution in [2.75, 3.05) is 0 Å². The summed E-state index contributed by atoms with van der Waals surface area (Å²) >= 11 is 0. The number of hydrogen-bond donors (Lipinski definition) is 1. The summed E-state index contributed by atoms with van der Waals surface area (Å²) in [5, 5.41) is 9.52. The highest BCUT2D eigenvalue weighted by molar-refractivity contribution is 5.93. The summed E-state index contributed by atoms with van der Waals surface area (Å²) in [5.74, 6) is -1.18. The van der Waals surface area contributed by atoms with Gasteiger partial charge in [-0.05, 0) is 25.5 Å². The van der Waals surface area contributed by atoms with Gasteiger partial charge in [0, 0.05) is 18.1 Å². The van der Waals surface area contributed by atoms with E-state index in [1.807, 2.05) is 32.0 Å². The molecule has 17 heavy (non-hydrogen) atoms. The normalized spacial score (nSPS) is 10.7. The molecule has 0 fully saturated rings. The highest BCUT2D eigenvalue weighted by Gasteiger charge is 2.14. The summed E-state index contributed by atoms with van der Waals surface area (Å²) in [5.41, 5.74) is 1.00. The van der Waals surface area contributed by atoms with E-state index in [0.717, 1.165) is 11.1 Å². The molecule has 0 atom stereocenters. The third-order valence-electron chi connectivity index (χ3n) is 2.89. The van der Waals surface area contributed by atoms with E-state index in [0.29, 0.717) is 11.9 Å². The number of fused-ring (bicyclic) bond motifs is 1. The first-order valence-corrected chi connectivity index (χ1v) is 5.42. The van der Waals surface area contributed by atoms with Gasteiger partial charge >= 0.3 is 5.97 Å². The first-order chi connectivity index (χ1) is 8.06. The van der Waals surface area contributed by atoms with Crippen LogP contribution in [0, 0.1) is 6.92 Å². The van der Waals surface area contributed by atoms with E-state index in [2.05, 4.69) is 0 Å². The molecule has 4 heteroatoms. The molecule has 0 spiro atoms. The molecule has 0 saturated carbocycles. The van der Waals surface area contributed by atoms with E-state index in [-0.39, 0.29) is 5.56 Å². The topological polar surface area (TPSA) is 59.3 Å². The van der Waals surface area contributed by atoms with Crippen molar-refractivity contribution in [2.45, 2.75) is 20.4 Å². The van der Waals surface area contributed by atoms with Gasteiger partial charge in [-0.3, -0.25) is 4.79 Å². The van der Waals surface area contributed by atoms with Crippen LogP contribution in [0.15, 0.2) is 29.2 Å². The third-order valence-corrected chi connectivity index (χ3v) is 2.89. The van der Waals surface area contributed by atoms with Crippen molar-refractivity contribution in [2.24, 2.45) is 0 Å². The fraction of sp³-hybridized carbons (Fsp3) is 0.231. The fourth-order valence-corrected chi connectivity index (χ4v) is 2.02. The maximum absolute atomic E-state index is 12.1. The van der Waals surface area contributed by atoms with Crippen LogP contribution in [0.25, 0.3) is 10.9 Å². The number of nitrogens with zero attached hydrogens (tertiary/aromatic N) is 1. The Balaban J connectivity index is 3.02. The van der Waals surface area contributed by atoms with Crippen LogP contribution in [0.4, 0.5) is 0 Å². The van der Waals surface area contributed by atoms with Crippen molar-refractivity contribution in [1.82, 2.24) is 4.57 Å². The second-order valence-corrected chi connectivity index (χ2v) is 3.93. The van der Waals surface area contributed by atoms with Gasteiger partial charge in [0.05, 0.1) is 5.52 Å². The number of benzene rings is 1. The zero-order valence-electron chi connectivity index (χ0n) is 9.73. The lowest BCUT2D eigenvalue weighted by atomic mass is 10.1. The van der Waals surface area contributed by atoms with E-state index in [1.54, 1.807) is 4.57 Å². The lowest BCUT2D eigenvalue weighted by Crippen LogP contribution is -2.19. The van der Waals surface area contributed by atoms with Crippen LogP contribution < -0.4 is 5.43 Å². The van der Waals surface area contributed by atoms with Crippen LogP contribution in [0.1, 0.15) is 22.8 Å². The number of carboxylic acid groups (broad SMARTS) is 1. The SMILES string of the molecule is CCn1cc(C(=O)O)c(=O)c2c(C)cccc21. The van der Waals surface area contributed by atoms with Crippen molar-refractivity contribution in [3.8, 4) is 0 Å². The van der Waals surface area contributed by atoms with Gasteiger partial charge in [-0.1, -0.05) is 12.1 Å². The Morgan fingerprint density at radius 2 is 2.12 bits per heavy atom. The highest BCUT2D eigenvalue weighted by Crippen LogP contribution is 2.15. The Morgan fingerprint density at radius 3 is 2.71 bits per heavy atom. The molecule has 0 aliphatic heterocycles. The number of hydrogen-bond acceptors (Lipinski definition) is 2. The zero-order valence-corrected chi connectivity index (χ0v) is 9.73. The number of carboxylic acids is 1. The summed E-state index contributed by atoms with van der Waals surface area (Å²) in [4.78, 5) is 23.1. The Kier molecular flexibility index (Phi) is 2.71. The molecule has 0 unspecified atom stereocenters. The monoisotopic (exact) mass is 231 g/mol. The van der Waals surface area contributed by atoms with Crippen molar-refractivity contribution in [1.29, 1.82) is 0 Å². The largest absolute Gasteiger partial charge is 0.477 e. The average Bonchev–Trinajstić information content (AvgIpc) is 2.29. The second-order valence-electron chi connectivity index (χ2n) is 3.93. The maximum Gasteiger partial charge on any atom is 0.341 e. The summed E-state index contributed by atoms with van der Waals surface area (Å²) in [6, 6.07) is 5.51. The molecule has 0 aliphatic rings. The minimum absolute atomic E-state index is 0.173. The summed E-state index contributed by atoms with van der Waals surface area (Å²) in [7, 11) is 0. The van der Waals surface area contributed by atoms with Crippen molar-refractivity contribution in [3.05, 3.63) is 45.7 Å². The Hall–Kier alpha value is -2.10. The lowest BCUT2D eigenvalue weighted by molar-refractivity contribution is 0.0695. The molecule has 2 aromatic rings. The van der Waals surface area contributed by atoms with E-state index < -0.39 is 11.4 Å². The molecule has 0 bridgehead atoms. The van der Waals surface area contributed by atoms with Gasteiger partial charge < -0.3 is 9.67 Å². The lowest BCUT2D eigenvalue weighted by Gasteiger charge is -2.11. The van der Waals surface area contributed by atoms with Crippen molar-refractivity contribution >= 4 is 16.9 Å². The predicted molar refractivity (Wildman–Crippen MR) is 65.6 cm³/mol. The minimum atomic E-state index is -1.18. The summed E-state index contributed by atoms with van der Waals surface area (Å²) in [6.07, 6.45) is 1.41. The van der Waals surface area contributed by atoms with Crippen LogP contribution in [0.2, 0.25) is 0 Å². The van der Waals surface area contributed by atoms with Gasteiger partial charge in [-0.15, -0.1) is 0 Å². The minimum Gasteiger partial charge on any atom is -0.477 e. The number of aryl methyl sites for hydroxylation is 2. The molecule has 4 nitrogen and oxygen atoms in total. The molecule has 0 aliphatic carbocycles. The molecule has 2 rings (SSSR count). The van der Waals surface area contributed by atoms with Crippen LogP contribution in [-0.2, 0) is 6.54 Å². The van der Waals surface area contributed by atoms with Crippen LogP contribution >= 0.6 is 0 Å². The van der Waals surface area contributed by atoms with Crippen LogP contribution in [0.5, 0.6) is 0 Å². The van der Waals surface area contributed by atoms with Crippen LogP contribution in [-0.4, -0.2) is 15.6 Å². The molecule has 1 N–H and O–H groups in total. The maximum atomic E-state index is 12.1. The first kappa shape index (κ1) is 11.4. The number of carbonyl (C=O) groups is 1. The van der Waals surface area contributed by atoms with Gasteiger partial charge in [-0.25, -0.2) is 4.79 Å². The smallest absolute Gasteiger partial charge is 0.341 e. The fourth-order valence-electron chi connectivity index (χ4n) is 2.02.